The highest BCUT2D eigenvalue weighted by Gasteiger charge is 2.30. The largest absolute Gasteiger partial charge is 0.481 e. The van der Waals surface area contributed by atoms with Crippen molar-refractivity contribution in [3.8, 4) is 11.3 Å². The van der Waals surface area contributed by atoms with E-state index < -0.39 is 30.3 Å². The molecule has 0 fully saturated rings. The Kier molecular flexibility index (Phi) is 7.04. The van der Waals surface area contributed by atoms with Gasteiger partial charge in [-0.05, 0) is 36.8 Å². The molecule has 0 amide bonds. The zero-order valence-corrected chi connectivity index (χ0v) is 17.3. The number of aromatic nitrogens is 1. The summed E-state index contributed by atoms with van der Waals surface area (Å²) in [5, 5.41) is 12.9. The fraction of sp³-hybridized carbons (Fsp3) is 0.273. The van der Waals surface area contributed by atoms with Crippen LogP contribution in [0, 0.1) is 6.92 Å². The third kappa shape index (κ3) is 5.66. The minimum absolute atomic E-state index is 0.270. The maximum atomic E-state index is 13.1. The topological polar surface area (TPSA) is 63.3 Å². The first kappa shape index (κ1) is 22.9. The molecular weight excluding hydrogens is 434 g/mol. The van der Waals surface area contributed by atoms with Crippen LogP contribution in [0.15, 0.2) is 57.9 Å². The molecule has 1 atom stereocenters. The van der Waals surface area contributed by atoms with Crippen LogP contribution in [0.4, 0.5) is 17.6 Å². The summed E-state index contributed by atoms with van der Waals surface area (Å²) in [6.07, 6.45) is -4.67. The number of nitrogens with zero attached hydrogens (tertiary/aromatic N) is 1. The van der Waals surface area contributed by atoms with Gasteiger partial charge in [-0.25, -0.2) is 0 Å². The van der Waals surface area contributed by atoms with Crippen molar-refractivity contribution in [2.75, 3.05) is 6.67 Å². The fourth-order valence-corrected chi connectivity index (χ4v) is 3.94. The van der Waals surface area contributed by atoms with Gasteiger partial charge in [0.15, 0.2) is 5.76 Å². The molecule has 0 saturated carbocycles. The Morgan fingerprint density at radius 2 is 1.77 bits per heavy atom. The smallest absolute Gasteiger partial charge is 0.416 e. The van der Waals surface area contributed by atoms with Crippen molar-refractivity contribution in [1.82, 2.24) is 5.16 Å². The van der Waals surface area contributed by atoms with E-state index in [1.165, 1.54) is 23.9 Å². The van der Waals surface area contributed by atoms with Crippen molar-refractivity contribution in [2.24, 2.45) is 0 Å². The van der Waals surface area contributed by atoms with E-state index in [9.17, 15) is 22.4 Å². The summed E-state index contributed by atoms with van der Waals surface area (Å²) in [5.74, 6) is -0.844. The first-order valence-corrected chi connectivity index (χ1v) is 10.3. The van der Waals surface area contributed by atoms with Crippen molar-refractivity contribution in [3.05, 3.63) is 70.9 Å². The number of carbonyl (C=O) groups is 1. The summed E-state index contributed by atoms with van der Waals surface area (Å²) in [7, 11) is 0. The third-order valence-corrected chi connectivity index (χ3v) is 5.85. The van der Waals surface area contributed by atoms with Crippen LogP contribution in [0.2, 0.25) is 0 Å². The molecule has 0 aliphatic carbocycles. The van der Waals surface area contributed by atoms with Gasteiger partial charge < -0.3 is 9.63 Å². The van der Waals surface area contributed by atoms with E-state index in [4.69, 9.17) is 9.63 Å². The summed E-state index contributed by atoms with van der Waals surface area (Å²) >= 11 is 1.46. The molecule has 0 bridgehead atoms. The molecule has 0 aliphatic heterocycles. The summed E-state index contributed by atoms with van der Waals surface area (Å²) in [5.41, 5.74) is 1.80. The van der Waals surface area contributed by atoms with E-state index in [0.29, 0.717) is 28.3 Å². The molecule has 0 saturated heterocycles. The van der Waals surface area contributed by atoms with Crippen LogP contribution in [0.1, 0.15) is 34.7 Å². The van der Waals surface area contributed by atoms with E-state index in [1.54, 1.807) is 31.2 Å². The van der Waals surface area contributed by atoms with Crippen molar-refractivity contribution < 1.29 is 32.0 Å². The molecule has 3 rings (SSSR count). The Morgan fingerprint density at radius 3 is 2.32 bits per heavy atom. The first-order chi connectivity index (χ1) is 14.7. The molecule has 0 aliphatic rings. The average Bonchev–Trinajstić information content (AvgIpc) is 3.10. The zero-order valence-electron chi connectivity index (χ0n) is 16.4. The number of carboxylic acids is 1. The molecule has 1 N–H and O–H groups in total. The van der Waals surface area contributed by atoms with Crippen LogP contribution in [0.3, 0.4) is 0 Å². The van der Waals surface area contributed by atoms with Gasteiger partial charge in [0.1, 0.15) is 0 Å². The minimum Gasteiger partial charge on any atom is -0.481 e. The maximum absolute atomic E-state index is 13.1. The molecule has 0 spiro atoms. The predicted octanol–water partition coefficient (Wildman–Crippen LogP) is 6.49. The Bertz CT molecular complexity index is 1030. The maximum Gasteiger partial charge on any atom is 0.416 e. The number of hydrogen-bond acceptors (Lipinski definition) is 4. The van der Waals surface area contributed by atoms with Gasteiger partial charge in [0.2, 0.25) is 0 Å². The molecule has 1 heterocycles. The van der Waals surface area contributed by atoms with Gasteiger partial charge in [0, 0.05) is 27.7 Å². The average molecular weight is 453 g/mol. The lowest BCUT2D eigenvalue weighted by atomic mass is 9.97. The SMILES string of the molecule is Cc1c(CSc2ccc(C(CF)CC(=O)O)cc2)noc1-c1ccc(C(F)(F)F)cc1. The predicted molar refractivity (Wildman–Crippen MR) is 109 cm³/mol. The Labute approximate surface area is 180 Å². The summed E-state index contributed by atoms with van der Waals surface area (Å²) < 4.78 is 56.6. The highest BCUT2D eigenvalue weighted by atomic mass is 32.2. The Balaban J connectivity index is 1.67. The van der Waals surface area contributed by atoms with Crippen LogP contribution in [0.25, 0.3) is 11.3 Å². The van der Waals surface area contributed by atoms with Gasteiger partial charge in [-0.15, -0.1) is 11.8 Å². The van der Waals surface area contributed by atoms with Gasteiger partial charge in [-0.2, -0.15) is 13.2 Å². The van der Waals surface area contributed by atoms with Crippen LogP contribution >= 0.6 is 11.8 Å². The van der Waals surface area contributed by atoms with E-state index in [0.717, 1.165) is 22.6 Å². The van der Waals surface area contributed by atoms with E-state index >= 15 is 0 Å². The van der Waals surface area contributed by atoms with Crippen molar-refractivity contribution in [1.29, 1.82) is 0 Å². The number of benzene rings is 2. The van der Waals surface area contributed by atoms with Crippen LogP contribution < -0.4 is 0 Å². The quantitative estimate of drug-likeness (QED) is 0.312. The number of thioether (sulfide) groups is 1. The zero-order chi connectivity index (χ0) is 22.6. The Hall–Kier alpha value is -2.81. The third-order valence-electron chi connectivity index (χ3n) is 4.83. The number of hydrogen-bond donors (Lipinski definition) is 1. The monoisotopic (exact) mass is 453 g/mol. The first-order valence-electron chi connectivity index (χ1n) is 9.32. The van der Waals surface area contributed by atoms with Gasteiger partial charge in [0.05, 0.1) is 24.4 Å². The van der Waals surface area contributed by atoms with Gasteiger partial charge >= 0.3 is 12.1 Å². The molecule has 164 valence electrons. The van der Waals surface area contributed by atoms with E-state index in [2.05, 4.69) is 5.16 Å². The molecular formula is C22H19F4NO3S. The molecule has 0 radical (unpaired) electrons. The van der Waals surface area contributed by atoms with Crippen LogP contribution in [-0.2, 0) is 16.7 Å². The highest BCUT2D eigenvalue weighted by Crippen LogP contribution is 2.34. The van der Waals surface area contributed by atoms with Gasteiger partial charge in [-0.1, -0.05) is 29.4 Å². The summed E-state index contributed by atoms with van der Waals surface area (Å²) in [4.78, 5) is 11.7. The molecule has 9 heteroatoms. The second kappa shape index (κ2) is 9.55. The molecule has 31 heavy (non-hydrogen) atoms. The van der Waals surface area contributed by atoms with Crippen LogP contribution in [-0.4, -0.2) is 22.9 Å². The van der Waals surface area contributed by atoms with E-state index in [1.807, 2.05) is 0 Å². The number of alkyl halides is 4. The second-order valence-corrected chi connectivity index (χ2v) is 8.01. The van der Waals surface area contributed by atoms with Crippen LogP contribution in [0.5, 0.6) is 0 Å². The number of rotatable bonds is 8. The van der Waals surface area contributed by atoms with Crippen molar-refractivity contribution in [2.45, 2.75) is 36.1 Å². The lowest BCUT2D eigenvalue weighted by Crippen LogP contribution is -2.08. The normalized spacial score (nSPS) is 12.7. The summed E-state index contributed by atoms with van der Waals surface area (Å²) in [6, 6.07) is 11.7. The molecule has 2 aromatic carbocycles. The summed E-state index contributed by atoms with van der Waals surface area (Å²) in [6.45, 7) is 1.05. The second-order valence-electron chi connectivity index (χ2n) is 6.97. The standard InChI is InChI=1S/C22H19F4NO3S/c1-13-19(27-30-21(13)15-2-6-17(7-3-15)22(24,25)26)12-31-18-8-4-14(5-9-18)16(11-23)10-20(28)29/h2-9,16H,10-12H2,1H3,(H,28,29). The lowest BCUT2D eigenvalue weighted by molar-refractivity contribution is -0.138. The minimum atomic E-state index is -4.40. The molecule has 3 aromatic rings. The van der Waals surface area contributed by atoms with Crippen molar-refractivity contribution >= 4 is 17.7 Å². The Morgan fingerprint density at radius 1 is 1.13 bits per heavy atom. The van der Waals surface area contributed by atoms with Gasteiger partial charge in [-0.3, -0.25) is 9.18 Å². The number of aliphatic carboxylic acids is 1. The number of halogens is 4. The fourth-order valence-electron chi connectivity index (χ4n) is 3.04. The lowest BCUT2D eigenvalue weighted by Gasteiger charge is -2.11. The van der Waals surface area contributed by atoms with Crippen molar-refractivity contribution in [3.63, 3.8) is 0 Å². The highest BCUT2D eigenvalue weighted by molar-refractivity contribution is 7.98. The van der Waals surface area contributed by atoms with E-state index in [-0.39, 0.29) is 6.42 Å². The van der Waals surface area contributed by atoms with Gasteiger partial charge in [0.25, 0.3) is 0 Å². The number of carboxylic acid groups (broad SMARTS) is 1. The molecule has 4 nitrogen and oxygen atoms in total. The molecule has 1 unspecified atom stereocenters. The molecule has 1 aromatic heterocycles.